The van der Waals surface area contributed by atoms with E-state index < -0.39 is 5.97 Å². The van der Waals surface area contributed by atoms with Crippen LogP contribution in [0, 0.1) is 5.92 Å². The van der Waals surface area contributed by atoms with E-state index >= 15 is 0 Å². The SMILES string of the molecule is O=C(O)CCCCCNC(=O)NCC1CCC1. The minimum Gasteiger partial charge on any atom is -0.481 e. The zero-order chi connectivity index (χ0) is 12.5. The number of unbranched alkanes of at least 4 members (excludes halogenated alkanes) is 2. The monoisotopic (exact) mass is 242 g/mol. The van der Waals surface area contributed by atoms with E-state index in [0.29, 0.717) is 18.9 Å². The molecule has 0 atom stereocenters. The van der Waals surface area contributed by atoms with Crippen LogP contribution in [0.4, 0.5) is 4.79 Å². The molecule has 5 nitrogen and oxygen atoms in total. The molecule has 3 N–H and O–H groups in total. The molecule has 1 aliphatic rings. The van der Waals surface area contributed by atoms with E-state index in [2.05, 4.69) is 10.6 Å². The van der Waals surface area contributed by atoms with Crippen molar-refractivity contribution in [1.29, 1.82) is 0 Å². The standard InChI is InChI=1S/C12H22N2O3/c15-11(16)7-2-1-3-8-13-12(17)14-9-10-5-4-6-10/h10H,1-9H2,(H,15,16)(H2,13,14,17). The topological polar surface area (TPSA) is 78.4 Å². The Morgan fingerprint density at radius 3 is 2.47 bits per heavy atom. The molecule has 0 unspecified atom stereocenters. The summed E-state index contributed by atoms with van der Waals surface area (Å²) in [4.78, 5) is 21.6. The van der Waals surface area contributed by atoms with Crippen molar-refractivity contribution in [3.8, 4) is 0 Å². The number of carbonyl (C=O) groups is 2. The van der Waals surface area contributed by atoms with Gasteiger partial charge in [-0.15, -0.1) is 0 Å². The lowest BCUT2D eigenvalue weighted by Crippen LogP contribution is -2.39. The molecule has 0 bridgehead atoms. The van der Waals surface area contributed by atoms with Crippen LogP contribution in [0.2, 0.25) is 0 Å². The van der Waals surface area contributed by atoms with Crippen molar-refractivity contribution < 1.29 is 14.7 Å². The second-order valence-corrected chi connectivity index (χ2v) is 4.64. The molecule has 0 radical (unpaired) electrons. The Labute approximate surface area is 102 Å². The van der Waals surface area contributed by atoms with Crippen molar-refractivity contribution in [2.75, 3.05) is 13.1 Å². The van der Waals surface area contributed by atoms with E-state index in [1.807, 2.05) is 0 Å². The van der Waals surface area contributed by atoms with Crippen LogP contribution < -0.4 is 10.6 Å². The molecule has 17 heavy (non-hydrogen) atoms. The highest BCUT2D eigenvalue weighted by molar-refractivity contribution is 5.73. The lowest BCUT2D eigenvalue weighted by Gasteiger charge is -2.25. The smallest absolute Gasteiger partial charge is 0.314 e. The van der Waals surface area contributed by atoms with Gasteiger partial charge in [-0.1, -0.05) is 12.8 Å². The Morgan fingerprint density at radius 2 is 1.88 bits per heavy atom. The van der Waals surface area contributed by atoms with Gasteiger partial charge in [0.2, 0.25) is 0 Å². The molecule has 0 aliphatic heterocycles. The second-order valence-electron chi connectivity index (χ2n) is 4.64. The zero-order valence-corrected chi connectivity index (χ0v) is 10.2. The number of hydrogen-bond donors (Lipinski definition) is 3. The predicted molar refractivity (Wildman–Crippen MR) is 64.8 cm³/mol. The highest BCUT2D eigenvalue weighted by Crippen LogP contribution is 2.24. The van der Waals surface area contributed by atoms with Gasteiger partial charge in [0, 0.05) is 19.5 Å². The summed E-state index contributed by atoms with van der Waals surface area (Å²) in [6.07, 6.45) is 6.33. The minimum atomic E-state index is -0.754. The second kappa shape index (κ2) is 7.92. The molecule has 5 heteroatoms. The molecule has 1 fully saturated rings. The average Bonchev–Trinajstić information content (AvgIpc) is 2.20. The maximum absolute atomic E-state index is 11.3. The summed E-state index contributed by atoms with van der Waals surface area (Å²) in [5.74, 6) is -0.0764. The van der Waals surface area contributed by atoms with Crippen LogP contribution in [-0.2, 0) is 4.79 Å². The Bertz CT molecular complexity index is 252. The fourth-order valence-electron chi connectivity index (χ4n) is 1.78. The minimum absolute atomic E-state index is 0.102. The van der Waals surface area contributed by atoms with E-state index in [1.165, 1.54) is 19.3 Å². The van der Waals surface area contributed by atoms with Crippen molar-refractivity contribution in [2.45, 2.75) is 44.9 Å². The van der Waals surface area contributed by atoms with Crippen molar-refractivity contribution in [1.82, 2.24) is 10.6 Å². The van der Waals surface area contributed by atoms with Crippen molar-refractivity contribution >= 4 is 12.0 Å². The maximum atomic E-state index is 11.3. The maximum Gasteiger partial charge on any atom is 0.314 e. The van der Waals surface area contributed by atoms with Gasteiger partial charge in [-0.3, -0.25) is 4.79 Å². The number of carbonyl (C=O) groups excluding carboxylic acids is 1. The number of urea groups is 1. The molecular formula is C12H22N2O3. The van der Waals surface area contributed by atoms with Crippen LogP contribution in [0.1, 0.15) is 44.9 Å². The van der Waals surface area contributed by atoms with Crippen molar-refractivity contribution in [3.63, 3.8) is 0 Å². The first kappa shape index (κ1) is 13.8. The molecule has 1 saturated carbocycles. The number of carboxylic acid groups (broad SMARTS) is 1. The molecule has 0 aromatic heterocycles. The van der Waals surface area contributed by atoms with Crippen LogP contribution >= 0.6 is 0 Å². The summed E-state index contributed by atoms with van der Waals surface area (Å²) in [6.45, 7) is 1.40. The van der Waals surface area contributed by atoms with Gasteiger partial charge in [0.15, 0.2) is 0 Å². The van der Waals surface area contributed by atoms with Crippen LogP contribution in [0.15, 0.2) is 0 Å². The first-order chi connectivity index (χ1) is 8.18. The molecule has 2 amide bonds. The van der Waals surface area contributed by atoms with Crippen LogP contribution in [0.5, 0.6) is 0 Å². The average molecular weight is 242 g/mol. The number of carboxylic acids is 1. The Kier molecular flexibility index (Phi) is 6.43. The molecule has 98 valence electrons. The number of aliphatic carboxylic acids is 1. The largest absolute Gasteiger partial charge is 0.481 e. The number of amides is 2. The van der Waals surface area contributed by atoms with Crippen LogP contribution in [-0.4, -0.2) is 30.2 Å². The third-order valence-electron chi connectivity index (χ3n) is 3.13. The predicted octanol–water partition coefficient (Wildman–Crippen LogP) is 1.73. The van der Waals surface area contributed by atoms with Gasteiger partial charge in [0.05, 0.1) is 0 Å². The molecular weight excluding hydrogens is 220 g/mol. The molecule has 0 heterocycles. The van der Waals surface area contributed by atoms with E-state index in [4.69, 9.17) is 5.11 Å². The zero-order valence-electron chi connectivity index (χ0n) is 10.2. The third-order valence-corrected chi connectivity index (χ3v) is 3.13. The molecule has 0 saturated heterocycles. The van der Waals surface area contributed by atoms with Crippen LogP contribution in [0.3, 0.4) is 0 Å². The lowest BCUT2D eigenvalue weighted by molar-refractivity contribution is -0.137. The van der Waals surface area contributed by atoms with Gasteiger partial charge in [0.1, 0.15) is 0 Å². The number of nitrogens with one attached hydrogen (secondary N) is 2. The molecule has 0 aromatic rings. The summed E-state index contributed by atoms with van der Waals surface area (Å²) < 4.78 is 0. The quantitative estimate of drug-likeness (QED) is 0.567. The summed E-state index contributed by atoms with van der Waals surface area (Å²) in [5.41, 5.74) is 0. The molecule has 1 aliphatic carbocycles. The third kappa shape index (κ3) is 6.81. The van der Waals surface area contributed by atoms with Gasteiger partial charge in [-0.05, 0) is 31.6 Å². The van der Waals surface area contributed by atoms with E-state index in [-0.39, 0.29) is 12.5 Å². The lowest BCUT2D eigenvalue weighted by atomic mass is 9.85. The van der Waals surface area contributed by atoms with Crippen LogP contribution in [0.25, 0.3) is 0 Å². The normalized spacial score (nSPS) is 15.1. The van der Waals surface area contributed by atoms with E-state index in [9.17, 15) is 9.59 Å². The highest BCUT2D eigenvalue weighted by atomic mass is 16.4. The summed E-state index contributed by atoms with van der Waals surface area (Å²) in [7, 11) is 0. The highest BCUT2D eigenvalue weighted by Gasteiger charge is 2.17. The molecule has 0 aromatic carbocycles. The van der Waals surface area contributed by atoms with Gasteiger partial charge < -0.3 is 15.7 Å². The van der Waals surface area contributed by atoms with Gasteiger partial charge in [-0.25, -0.2) is 4.79 Å². The van der Waals surface area contributed by atoms with Gasteiger partial charge >= 0.3 is 12.0 Å². The first-order valence-electron chi connectivity index (χ1n) is 6.42. The van der Waals surface area contributed by atoms with Crippen molar-refractivity contribution in [3.05, 3.63) is 0 Å². The first-order valence-corrected chi connectivity index (χ1v) is 6.42. The Balaban J connectivity index is 1.84. The summed E-state index contributed by atoms with van der Waals surface area (Å²) in [6, 6.07) is -0.102. The van der Waals surface area contributed by atoms with Crippen molar-refractivity contribution in [2.24, 2.45) is 5.92 Å². The Morgan fingerprint density at radius 1 is 1.12 bits per heavy atom. The van der Waals surface area contributed by atoms with Gasteiger partial charge in [-0.2, -0.15) is 0 Å². The van der Waals surface area contributed by atoms with Gasteiger partial charge in [0.25, 0.3) is 0 Å². The molecule has 1 rings (SSSR count). The molecule has 0 spiro atoms. The fraction of sp³-hybridized carbons (Fsp3) is 0.833. The summed E-state index contributed by atoms with van der Waals surface area (Å²) in [5, 5.41) is 14.1. The Hall–Kier alpha value is -1.26. The number of hydrogen-bond acceptors (Lipinski definition) is 2. The number of rotatable bonds is 8. The summed E-state index contributed by atoms with van der Waals surface area (Å²) >= 11 is 0. The fourth-order valence-corrected chi connectivity index (χ4v) is 1.78. The van der Waals surface area contributed by atoms with E-state index in [0.717, 1.165) is 19.4 Å². The van der Waals surface area contributed by atoms with E-state index in [1.54, 1.807) is 0 Å².